The SMILES string of the molecule is [CH2-]C.[Zn+2].[c-]1ccc(-c2ccccc2)cc1. The van der Waals surface area contributed by atoms with Gasteiger partial charge in [-0.2, -0.15) is 37.3 Å². The molecule has 0 saturated carbocycles. The molecule has 0 aromatic heterocycles. The van der Waals surface area contributed by atoms with Gasteiger partial charge in [0.1, 0.15) is 0 Å². The average molecular weight is 248 g/mol. The smallest absolute Gasteiger partial charge is 0.346 e. The third-order valence-electron chi connectivity index (χ3n) is 1.83. The molecule has 0 aliphatic rings. The molecule has 0 amide bonds. The Kier molecular flexibility index (Phi) is 7.86. The Morgan fingerprint density at radius 2 is 1.27 bits per heavy atom. The first kappa shape index (κ1) is 14.1. The minimum absolute atomic E-state index is 0. The molecule has 0 N–H and O–H groups in total. The Balaban J connectivity index is 0.000000617. The molecule has 0 aliphatic heterocycles. The van der Waals surface area contributed by atoms with Crippen LogP contribution in [0.3, 0.4) is 0 Å². The Morgan fingerprint density at radius 1 is 0.800 bits per heavy atom. The third kappa shape index (κ3) is 4.40. The molecule has 0 atom stereocenters. The number of hydrogen-bond donors (Lipinski definition) is 0. The van der Waals surface area contributed by atoms with Crippen molar-refractivity contribution in [3.05, 3.63) is 67.6 Å². The monoisotopic (exact) mass is 246 g/mol. The van der Waals surface area contributed by atoms with Crippen LogP contribution in [0.2, 0.25) is 0 Å². The second-order valence-corrected chi connectivity index (χ2v) is 2.65. The molecule has 0 heterocycles. The van der Waals surface area contributed by atoms with E-state index < -0.39 is 0 Å². The van der Waals surface area contributed by atoms with E-state index in [1.807, 2.05) is 30.3 Å². The van der Waals surface area contributed by atoms with Gasteiger partial charge in [0.2, 0.25) is 0 Å². The maximum atomic E-state index is 3.25. The Hall–Kier alpha value is -0.937. The van der Waals surface area contributed by atoms with Crippen LogP contribution in [0.1, 0.15) is 6.92 Å². The van der Waals surface area contributed by atoms with Gasteiger partial charge in [-0.25, -0.2) is 0 Å². The van der Waals surface area contributed by atoms with Gasteiger partial charge < -0.3 is 6.92 Å². The molecule has 0 aliphatic carbocycles. The van der Waals surface area contributed by atoms with Crippen molar-refractivity contribution in [1.29, 1.82) is 0 Å². The molecule has 72 valence electrons. The van der Waals surface area contributed by atoms with E-state index in [1.165, 1.54) is 11.1 Å². The minimum Gasteiger partial charge on any atom is -0.346 e. The van der Waals surface area contributed by atoms with Crippen molar-refractivity contribution in [1.82, 2.24) is 0 Å². The van der Waals surface area contributed by atoms with Gasteiger partial charge in [-0.15, -0.1) is 5.56 Å². The summed E-state index contributed by atoms with van der Waals surface area (Å²) in [6.45, 7) is 5.00. The van der Waals surface area contributed by atoms with Crippen LogP contribution in [0, 0.1) is 13.0 Å². The van der Waals surface area contributed by atoms with E-state index in [2.05, 4.69) is 37.3 Å². The number of rotatable bonds is 1. The molecule has 0 spiro atoms. The molecule has 2 rings (SSSR count). The van der Waals surface area contributed by atoms with Gasteiger partial charge in [0.05, 0.1) is 0 Å². The van der Waals surface area contributed by atoms with Crippen LogP contribution >= 0.6 is 0 Å². The molecule has 2 aromatic carbocycles. The quantitative estimate of drug-likeness (QED) is 0.528. The zero-order valence-electron chi connectivity index (χ0n) is 9.11. The predicted molar refractivity (Wildman–Crippen MR) is 61.7 cm³/mol. The topological polar surface area (TPSA) is 0 Å². The van der Waals surface area contributed by atoms with Gasteiger partial charge in [0.25, 0.3) is 0 Å². The summed E-state index contributed by atoms with van der Waals surface area (Å²) in [5, 5.41) is 0. The predicted octanol–water partition coefficient (Wildman–Crippen LogP) is 3.99. The molecule has 0 radical (unpaired) electrons. The van der Waals surface area contributed by atoms with E-state index >= 15 is 0 Å². The fourth-order valence-corrected chi connectivity index (χ4v) is 1.21. The molecule has 0 unspecified atom stereocenters. The van der Waals surface area contributed by atoms with Gasteiger partial charge in [-0.3, -0.25) is 0 Å². The summed E-state index contributed by atoms with van der Waals surface area (Å²) in [7, 11) is 0. The maximum absolute atomic E-state index is 3.25. The molecule has 0 bridgehead atoms. The Labute approximate surface area is 105 Å². The fourth-order valence-electron chi connectivity index (χ4n) is 1.21. The van der Waals surface area contributed by atoms with Crippen LogP contribution in [0.4, 0.5) is 0 Å². The van der Waals surface area contributed by atoms with Crippen LogP contribution in [0.15, 0.2) is 54.6 Å². The molecule has 1 heteroatoms. The fraction of sp³-hybridized carbons (Fsp3) is 0.0714. The van der Waals surface area contributed by atoms with Crippen molar-refractivity contribution in [3.8, 4) is 11.1 Å². The van der Waals surface area contributed by atoms with Crippen molar-refractivity contribution >= 4 is 0 Å². The maximum Gasteiger partial charge on any atom is 2.00 e. The summed E-state index contributed by atoms with van der Waals surface area (Å²) in [5.41, 5.74) is 2.50. The first-order chi connectivity index (χ1) is 6.97. The molecule has 0 nitrogen and oxygen atoms in total. The Bertz CT molecular complexity index is 303. The van der Waals surface area contributed by atoms with Crippen molar-refractivity contribution in [2.24, 2.45) is 0 Å². The zero-order chi connectivity index (χ0) is 10.2. The Morgan fingerprint density at radius 3 is 1.80 bits per heavy atom. The summed E-state index contributed by atoms with van der Waals surface area (Å²) in [6.07, 6.45) is 0. The summed E-state index contributed by atoms with van der Waals surface area (Å²) < 4.78 is 0. The minimum atomic E-state index is 0. The first-order valence-corrected chi connectivity index (χ1v) is 4.69. The van der Waals surface area contributed by atoms with Crippen LogP contribution < -0.4 is 0 Å². The standard InChI is InChI=1S/C12H9.C2H5.Zn/c1-3-7-11(8-4-1)12-9-5-2-6-10-12;1-2;/h1,3-10H;1H2,2H3;/q2*-1;+2. The van der Waals surface area contributed by atoms with Gasteiger partial charge in [-0.1, -0.05) is 30.3 Å². The summed E-state index contributed by atoms with van der Waals surface area (Å²) in [4.78, 5) is 0. The number of benzene rings is 2. The van der Waals surface area contributed by atoms with E-state index in [0.717, 1.165) is 0 Å². The molecule has 0 saturated heterocycles. The number of hydrogen-bond acceptors (Lipinski definition) is 0. The summed E-state index contributed by atoms with van der Waals surface area (Å²) >= 11 is 0. The van der Waals surface area contributed by atoms with E-state index in [0.29, 0.717) is 0 Å². The second kappa shape index (κ2) is 8.38. The third-order valence-corrected chi connectivity index (χ3v) is 1.83. The second-order valence-electron chi connectivity index (χ2n) is 2.65. The summed E-state index contributed by atoms with van der Waals surface area (Å²) in [6, 6.07) is 21.3. The normalized spacial score (nSPS) is 8.13. The van der Waals surface area contributed by atoms with E-state index in [-0.39, 0.29) is 19.5 Å². The average Bonchev–Trinajstić information content (AvgIpc) is 2.34. The van der Waals surface area contributed by atoms with Crippen molar-refractivity contribution in [3.63, 3.8) is 0 Å². The van der Waals surface area contributed by atoms with Crippen LogP contribution in [0.5, 0.6) is 0 Å². The van der Waals surface area contributed by atoms with Crippen LogP contribution in [-0.2, 0) is 19.5 Å². The first-order valence-electron chi connectivity index (χ1n) is 4.69. The van der Waals surface area contributed by atoms with E-state index in [1.54, 1.807) is 6.92 Å². The van der Waals surface area contributed by atoms with Crippen LogP contribution in [-0.4, -0.2) is 0 Å². The van der Waals surface area contributed by atoms with Gasteiger partial charge in [-0.05, 0) is 5.56 Å². The molecular weight excluding hydrogens is 234 g/mol. The van der Waals surface area contributed by atoms with Gasteiger partial charge in [0, 0.05) is 0 Å². The molecule has 2 aromatic rings. The molecule has 15 heavy (non-hydrogen) atoms. The van der Waals surface area contributed by atoms with E-state index in [4.69, 9.17) is 0 Å². The summed E-state index contributed by atoms with van der Waals surface area (Å²) in [5.74, 6) is 0. The van der Waals surface area contributed by atoms with E-state index in [9.17, 15) is 0 Å². The van der Waals surface area contributed by atoms with Gasteiger partial charge >= 0.3 is 19.5 Å². The molecular formula is C14H14Zn. The van der Waals surface area contributed by atoms with Gasteiger partial charge in [0.15, 0.2) is 0 Å². The van der Waals surface area contributed by atoms with Crippen molar-refractivity contribution in [2.45, 2.75) is 6.92 Å². The zero-order valence-corrected chi connectivity index (χ0v) is 12.1. The van der Waals surface area contributed by atoms with Crippen LogP contribution in [0.25, 0.3) is 11.1 Å². The van der Waals surface area contributed by atoms with Crippen molar-refractivity contribution < 1.29 is 19.5 Å². The largest absolute Gasteiger partial charge is 2.00 e. The van der Waals surface area contributed by atoms with Crippen molar-refractivity contribution in [2.75, 3.05) is 0 Å². The molecule has 0 fully saturated rings.